The number of hydrogen-bond donors (Lipinski definition) is 0. The number of halogens is 2. The van der Waals surface area contributed by atoms with E-state index in [0.717, 1.165) is 0 Å². The third kappa shape index (κ3) is 2.30. The summed E-state index contributed by atoms with van der Waals surface area (Å²) in [6.07, 6.45) is 1.77. The molecule has 0 N–H and O–H groups in total. The van der Waals surface area contributed by atoms with Gasteiger partial charge in [-0.25, -0.2) is 14.4 Å². The van der Waals surface area contributed by atoms with Crippen LogP contribution in [0.4, 0.5) is 4.39 Å². The van der Waals surface area contributed by atoms with Crippen molar-refractivity contribution in [3.8, 4) is 17.5 Å². The highest BCUT2D eigenvalue weighted by molar-refractivity contribution is 7.98. The molecule has 0 aliphatic heterocycles. The first-order chi connectivity index (χ1) is 8.67. The Morgan fingerprint density at radius 1 is 1.33 bits per heavy atom. The Kier molecular flexibility index (Phi) is 3.80. The maximum Gasteiger partial charge on any atom is 0.165 e. The molecule has 18 heavy (non-hydrogen) atoms. The molecule has 2 aromatic rings. The smallest absolute Gasteiger partial charge is 0.165 e. The Morgan fingerprint density at radius 3 is 2.67 bits per heavy atom. The first-order valence-electron chi connectivity index (χ1n) is 4.94. The van der Waals surface area contributed by atoms with Crippen LogP contribution < -0.4 is 0 Å². The average Bonchev–Trinajstić information content (AvgIpc) is 2.38. The standard InChI is InChI=1S/C12H7ClFN3S/c1-18-12-8(6-15)10(13)16-11(17-12)7-4-2-3-5-9(7)14/h2-5H,1H3. The molecule has 0 unspecified atom stereocenters. The molecule has 1 heterocycles. The van der Waals surface area contributed by atoms with Crippen LogP contribution in [-0.2, 0) is 0 Å². The quantitative estimate of drug-likeness (QED) is 0.623. The molecule has 0 saturated heterocycles. The van der Waals surface area contributed by atoms with Gasteiger partial charge in [0.25, 0.3) is 0 Å². The van der Waals surface area contributed by atoms with E-state index in [9.17, 15) is 4.39 Å². The maximum atomic E-state index is 13.6. The van der Waals surface area contributed by atoms with Gasteiger partial charge in [0.15, 0.2) is 11.0 Å². The number of benzene rings is 1. The maximum absolute atomic E-state index is 13.6. The molecule has 1 aromatic carbocycles. The molecular weight excluding hydrogens is 273 g/mol. The van der Waals surface area contributed by atoms with Crippen LogP contribution in [0, 0.1) is 17.1 Å². The van der Waals surface area contributed by atoms with Crippen LogP contribution in [0.3, 0.4) is 0 Å². The molecule has 0 radical (unpaired) electrons. The Labute approximate surface area is 113 Å². The topological polar surface area (TPSA) is 49.6 Å². The summed E-state index contributed by atoms with van der Waals surface area (Å²) in [7, 11) is 0. The highest BCUT2D eigenvalue weighted by Gasteiger charge is 2.15. The molecule has 0 atom stereocenters. The zero-order valence-corrected chi connectivity index (χ0v) is 10.9. The van der Waals surface area contributed by atoms with Gasteiger partial charge in [-0.2, -0.15) is 5.26 Å². The first kappa shape index (κ1) is 12.8. The molecule has 6 heteroatoms. The fourth-order valence-corrected chi connectivity index (χ4v) is 2.21. The second-order valence-electron chi connectivity index (χ2n) is 3.31. The van der Waals surface area contributed by atoms with Gasteiger partial charge in [0.05, 0.1) is 5.56 Å². The first-order valence-corrected chi connectivity index (χ1v) is 6.54. The molecular formula is C12H7ClFN3S. The van der Waals surface area contributed by atoms with Crippen LogP contribution in [0.15, 0.2) is 29.3 Å². The molecule has 0 aliphatic carbocycles. The Hall–Kier alpha value is -1.64. The largest absolute Gasteiger partial charge is 0.220 e. The zero-order chi connectivity index (χ0) is 13.1. The van der Waals surface area contributed by atoms with Crippen molar-refractivity contribution in [2.24, 2.45) is 0 Å². The van der Waals surface area contributed by atoms with Crippen molar-refractivity contribution in [1.29, 1.82) is 5.26 Å². The van der Waals surface area contributed by atoms with E-state index >= 15 is 0 Å². The van der Waals surface area contributed by atoms with Gasteiger partial charge in [-0.15, -0.1) is 11.8 Å². The van der Waals surface area contributed by atoms with Crippen molar-refractivity contribution in [2.75, 3.05) is 6.26 Å². The molecule has 0 spiro atoms. The van der Waals surface area contributed by atoms with Gasteiger partial charge in [-0.1, -0.05) is 23.7 Å². The fourth-order valence-electron chi connectivity index (χ4n) is 1.42. The number of thioether (sulfide) groups is 1. The molecule has 0 bridgehead atoms. The van der Waals surface area contributed by atoms with Gasteiger partial charge in [-0.05, 0) is 18.4 Å². The van der Waals surface area contributed by atoms with E-state index in [1.54, 1.807) is 24.5 Å². The summed E-state index contributed by atoms with van der Waals surface area (Å²) < 4.78 is 13.6. The Morgan fingerprint density at radius 2 is 2.06 bits per heavy atom. The zero-order valence-electron chi connectivity index (χ0n) is 9.32. The minimum Gasteiger partial charge on any atom is -0.220 e. The van der Waals surface area contributed by atoms with E-state index in [2.05, 4.69) is 9.97 Å². The number of rotatable bonds is 2. The predicted octanol–water partition coefficient (Wildman–Crippen LogP) is 3.53. The Balaban J connectivity index is 2.65. The summed E-state index contributed by atoms with van der Waals surface area (Å²) in [5.74, 6) is -0.244. The third-order valence-electron chi connectivity index (χ3n) is 2.25. The second kappa shape index (κ2) is 5.34. The van der Waals surface area contributed by atoms with Gasteiger partial charge in [-0.3, -0.25) is 0 Å². The van der Waals surface area contributed by atoms with Crippen LogP contribution in [0.1, 0.15) is 5.56 Å². The van der Waals surface area contributed by atoms with E-state index < -0.39 is 5.82 Å². The van der Waals surface area contributed by atoms with Gasteiger partial charge in [0.1, 0.15) is 22.5 Å². The van der Waals surface area contributed by atoms with Gasteiger partial charge in [0, 0.05) is 0 Å². The second-order valence-corrected chi connectivity index (χ2v) is 4.47. The molecule has 2 rings (SSSR count). The van der Waals surface area contributed by atoms with Crippen molar-refractivity contribution in [3.63, 3.8) is 0 Å². The minimum absolute atomic E-state index is 0.0371. The third-order valence-corrected chi connectivity index (χ3v) is 3.21. The van der Waals surface area contributed by atoms with Crippen LogP contribution in [-0.4, -0.2) is 16.2 Å². The van der Waals surface area contributed by atoms with Gasteiger partial charge >= 0.3 is 0 Å². The van der Waals surface area contributed by atoms with Crippen molar-refractivity contribution in [2.45, 2.75) is 5.03 Å². The lowest BCUT2D eigenvalue weighted by Gasteiger charge is -2.06. The van der Waals surface area contributed by atoms with Crippen molar-refractivity contribution in [1.82, 2.24) is 9.97 Å². The lowest BCUT2D eigenvalue weighted by molar-refractivity contribution is 0.629. The van der Waals surface area contributed by atoms with E-state index in [1.807, 2.05) is 6.07 Å². The van der Waals surface area contributed by atoms with Crippen molar-refractivity contribution >= 4 is 23.4 Å². The fraction of sp³-hybridized carbons (Fsp3) is 0.0833. The lowest BCUT2D eigenvalue weighted by atomic mass is 10.2. The van der Waals surface area contributed by atoms with E-state index in [4.69, 9.17) is 16.9 Å². The van der Waals surface area contributed by atoms with Gasteiger partial charge < -0.3 is 0 Å². The van der Waals surface area contributed by atoms with Crippen LogP contribution in [0.25, 0.3) is 11.4 Å². The summed E-state index contributed by atoms with van der Waals surface area (Å²) in [5.41, 5.74) is 0.475. The van der Waals surface area contributed by atoms with E-state index in [1.165, 1.54) is 17.8 Å². The molecule has 90 valence electrons. The Bertz CT molecular complexity index is 640. The highest BCUT2D eigenvalue weighted by atomic mass is 35.5. The monoisotopic (exact) mass is 279 g/mol. The molecule has 0 amide bonds. The molecule has 0 saturated carbocycles. The summed E-state index contributed by atoms with van der Waals surface area (Å²) in [5, 5.41) is 9.42. The molecule has 0 fully saturated rings. The summed E-state index contributed by atoms with van der Waals surface area (Å²) in [4.78, 5) is 8.12. The van der Waals surface area contributed by atoms with E-state index in [0.29, 0.717) is 5.03 Å². The average molecular weight is 280 g/mol. The SMILES string of the molecule is CSc1nc(-c2ccccc2F)nc(Cl)c1C#N. The molecule has 3 nitrogen and oxygen atoms in total. The van der Waals surface area contributed by atoms with E-state index in [-0.39, 0.29) is 22.1 Å². The molecule has 0 aliphatic rings. The number of nitriles is 1. The number of hydrogen-bond acceptors (Lipinski definition) is 4. The predicted molar refractivity (Wildman–Crippen MR) is 68.9 cm³/mol. The normalized spacial score (nSPS) is 10.1. The van der Waals surface area contributed by atoms with Crippen molar-refractivity contribution in [3.05, 3.63) is 40.8 Å². The van der Waals surface area contributed by atoms with Crippen LogP contribution in [0.2, 0.25) is 5.15 Å². The number of nitrogens with zero attached hydrogens (tertiary/aromatic N) is 3. The summed E-state index contributed by atoms with van der Waals surface area (Å²) in [6.45, 7) is 0. The lowest BCUT2D eigenvalue weighted by Crippen LogP contribution is -1.98. The molecule has 1 aromatic heterocycles. The van der Waals surface area contributed by atoms with Gasteiger partial charge in [0.2, 0.25) is 0 Å². The van der Waals surface area contributed by atoms with Crippen LogP contribution >= 0.6 is 23.4 Å². The highest BCUT2D eigenvalue weighted by Crippen LogP contribution is 2.27. The number of aromatic nitrogens is 2. The van der Waals surface area contributed by atoms with Crippen molar-refractivity contribution < 1.29 is 4.39 Å². The summed E-state index contributed by atoms with van der Waals surface area (Å²) in [6, 6.07) is 8.10. The summed E-state index contributed by atoms with van der Waals surface area (Å²) >= 11 is 7.17. The van der Waals surface area contributed by atoms with Crippen LogP contribution in [0.5, 0.6) is 0 Å². The minimum atomic E-state index is -0.426.